The predicted molar refractivity (Wildman–Crippen MR) is 162 cm³/mol. The molecule has 0 spiro atoms. The molecular weight excluding hydrogens is 564 g/mol. The zero-order valence-electron chi connectivity index (χ0n) is 25.2. The molecule has 1 amide bonds. The number of aliphatic hydroxyl groups excluding tert-OH is 2. The molecule has 2 aromatic rings. The van der Waals surface area contributed by atoms with Crippen LogP contribution in [0, 0.1) is 17.8 Å². The topological polar surface area (TPSA) is 168 Å². The number of nitrogens with zero attached hydrogens (tertiary/aromatic N) is 3. The third-order valence-electron chi connectivity index (χ3n) is 10.2. The van der Waals surface area contributed by atoms with Gasteiger partial charge in [-0.1, -0.05) is 30.3 Å². The van der Waals surface area contributed by atoms with Gasteiger partial charge in [-0.15, -0.1) is 0 Å². The number of likely N-dealkylation sites (N-methyl/N-ethyl adjacent to an activating group) is 2. The summed E-state index contributed by atoms with van der Waals surface area (Å²) in [4.78, 5) is 46.1. The van der Waals surface area contributed by atoms with E-state index < -0.39 is 58.7 Å². The predicted octanol–water partition coefficient (Wildman–Crippen LogP) is 0.543. The summed E-state index contributed by atoms with van der Waals surface area (Å²) in [6, 6.07) is 10.5. The Labute approximate surface area is 256 Å². The van der Waals surface area contributed by atoms with E-state index in [9.17, 15) is 34.8 Å². The lowest BCUT2D eigenvalue weighted by molar-refractivity contribution is -0.184. The number of piperazine rings is 1. The van der Waals surface area contributed by atoms with Crippen molar-refractivity contribution >= 4 is 23.2 Å². The minimum atomic E-state index is -2.67. The number of aromatic hydroxyl groups is 1. The van der Waals surface area contributed by atoms with Crippen LogP contribution < -0.4 is 5.73 Å². The molecule has 6 N–H and O–H groups in total. The number of phenolic OH excluding ortho intramolecular Hbond substituents is 1. The summed E-state index contributed by atoms with van der Waals surface area (Å²) in [6.45, 7) is 4.93. The number of primary amides is 1. The molecule has 0 bridgehead atoms. The second-order valence-corrected chi connectivity index (χ2v) is 13.1. The first-order valence-corrected chi connectivity index (χ1v) is 15.1. The quantitative estimate of drug-likeness (QED) is 0.304. The van der Waals surface area contributed by atoms with Crippen molar-refractivity contribution < 1.29 is 34.8 Å². The lowest BCUT2D eigenvalue weighted by Crippen LogP contribution is -2.73. The van der Waals surface area contributed by atoms with Crippen molar-refractivity contribution in [3.63, 3.8) is 0 Å². The van der Waals surface area contributed by atoms with Crippen LogP contribution in [-0.2, 0) is 27.3 Å². The number of amides is 1. The van der Waals surface area contributed by atoms with Crippen LogP contribution in [0.5, 0.6) is 5.75 Å². The number of hydrogen-bond acceptors (Lipinski definition) is 10. The molecule has 11 nitrogen and oxygen atoms in total. The molecule has 2 aromatic carbocycles. The summed E-state index contributed by atoms with van der Waals surface area (Å²) in [5.41, 5.74) is 6.23. The summed E-state index contributed by atoms with van der Waals surface area (Å²) >= 11 is 0. The summed E-state index contributed by atoms with van der Waals surface area (Å²) < 4.78 is 0. The summed E-state index contributed by atoms with van der Waals surface area (Å²) in [7, 11) is 5.39. The minimum absolute atomic E-state index is 0.0806. The first-order chi connectivity index (χ1) is 20.8. The van der Waals surface area contributed by atoms with E-state index in [-0.39, 0.29) is 29.7 Å². The van der Waals surface area contributed by atoms with E-state index in [0.29, 0.717) is 5.56 Å². The number of carbonyl (C=O) groups is 3. The zero-order chi connectivity index (χ0) is 31.7. The van der Waals surface area contributed by atoms with Crippen LogP contribution >= 0.6 is 0 Å². The first-order valence-electron chi connectivity index (χ1n) is 15.1. The second-order valence-electron chi connectivity index (χ2n) is 13.1. The molecule has 3 fully saturated rings. The van der Waals surface area contributed by atoms with Gasteiger partial charge in [-0.3, -0.25) is 19.3 Å². The van der Waals surface area contributed by atoms with Crippen molar-refractivity contribution in [1.82, 2.24) is 14.7 Å². The van der Waals surface area contributed by atoms with Gasteiger partial charge in [0.25, 0.3) is 0 Å². The SMILES string of the molecule is CN1CCN(Cc2ccc(-c3ccc(O)c4c3C[C@H]3C[C@H]5[C@H](N(C)C)C(O)C(C(N)=O)C(=O)[C@@]5(O)C(=O)C3=C4O)cc2)CC1. The van der Waals surface area contributed by atoms with Crippen molar-refractivity contribution in [3.8, 4) is 16.9 Å². The van der Waals surface area contributed by atoms with Crippen LogP contribution in [-0.4, -0.2) is 118 Å². The van der Waals surface area contributed by atoms with Crippen LogP contribution in [0.25, 0.3) is 16.9 Å². The Kier molecular flexibility index (Phi) is 7.66. The minimum Gasteiger partial charge on any atom is -0.507 e. The average molecular weight is 605 g/mol. The van der Waals surface area contributed by atoms with E-state index in [4.69, 9.17) is 5.73 Å². The van der Waals surface area contributed by atoms with Gasteiger partial charge in [0, 0.05) is 50.3 Å². The van der Waals surface area contributed by atoms with Crippen LogP contribution in [0.2, 0.25) is 0 Å². The van der Waals surface area contributed by atoms with E-state index in [1.165, 1.54) is 11.6 Å². The summed E-state index contributed by atoms with van der Waals surface area (Å²) in [6.07, 6.45) is -1.19. The van der Waals surface area contributed by atoms with E-state index >= 15 is 0 Å². The van der Waals surface area contributed by atoms with Gasteiger partial charge in [0.15, 0.2) is 11.4 Å². The van der Waals surface area contributed by atoms with E-state index in [0.717, 1.165) is 43.9 Å². The number of hydrogen-bond donors (Lipinski definition) is 5. The smallest absolute Gasteiger partial charge is 0.230 e. The van der Waals surface area contributed by atoms with Gasteiger partial charge in [0.1, 0.15) is 17.4 Å². The number of fused-ring (bicyclic) bond motifs is 3. The number of nitrogens with two attached hydrogens (primary N) is 1. The number of carbonyl (C=O) groups excluding carboxylic acids is 3. The fourth-order valence-corrected chi connectivity index (χ4v) is 7.93. The first kappa shape index (κ1) is 30.4. The Hall–Kier alpha value is -3.61. The van der Waals surface area contributed by atoms with E-state index in [1.807, 2.05) is 12.1 Å². The van der Waals surface area contributed by atoms with Gasteiger partial charge in [-0.2, -0.15) is 0 Å². The monoisotopic (exact) mass is 604 g/mol. The zero-order valence-corrected chi connectivity index (χ0v) is 25.2. The van der Waals surface area contributed by atoms with Gasteiger partial charge in [0.2, 0.25) is 11.7 Å². The van der Waals surface area contributed by atoms with E-state index in [1.54, 1.807) is 25.1 Å². The molecule has 0 aromatic heterocycles. The highest BCUT2D eigenvalue weighted by atomic mass is 16.3. The van der Waals surface area contributed by atoms with Crippen LogP contribution in [0.3, 0.4) is 0 Å². The maximum Gasteiger partial charge on any atom is 0.230 e. The maximum absolute atomic E-state index is 14.0. The Balaban J connectivity index is 1.38. The third-order valence-corrected chi connectivity index (χ3v) is 10.2. The Morgan fingerprint density at radius 2 is 1.70 bits per heavy atom. The number of Topliss-reactive ketones (excluding diaryl/α,β-unsaturated/α-hetero) is 2. The Morgan fingerprint density at radius 1 is 1.05 bits per heavy atom. The Bertz CT molecular complexity index is 1550. The molecule has 1 saturated heterocycles. The Morgan fingerprint density at radius 3 is 2.32 bits per heavy atom. The van der Waals surface area contributed by atoms with Gasteiger partial charge >= 0.3 is 0 Å². The van der Waals surface area contributed by atoms with E-state index in [2.05, 4.69) is 29.0 Å². The summed E-state index contributed by atoms with van der Waals surface area (Å²) in [5.74, 6) is -7.49. The highest BCUT2D eigenvalue weighted by Gasteiger charge is 2.67. The van der Waals surface area contributed by atoms with Crippen molar-refractivity contribution in [2.75, 3.05) is 47.3 Å². The highest BCUT2D eigenvalue weighted by molar-refractivity contribution is 6.25. The molecule has 1 aliphatic heterocycles. The highest BCUT2D eigenvalue weighted by Crippen LogP contribution is 2.53. The molecule has 234 valence electrons. The fourth-order valence-electron chi connectivity index (χ4n) is 7.93. The number of benzene rings is 2. The molecule has 0 radical (unpaired) electrons. The molecule has 3 aliphatic carbocycles. The molecular formula is C33H40N4O7. The lowest BCUT2D eigenvalue weighted by Gasteiger charge is -2.53. The molecule has 2 unspecified atom stereocenters. The van der Waals surface area contributed by atoms with Gasteiger partial charge in [-0.25, -0.2) is 0 Å². The van der Waals surface area contributed by atoms with Crippen molar-refractivity contribution in [2.45, 2.75) is 37.1 Å². The van der Waals surface area contributed by atoms with Crippen molar-refractivity contribution in [3.05, 3.63) is 58.7 Å². The average Bonchev–Trinajstić information content (AvgIpc) is 2.96. The second kappa shape index (κ2) is 11.1. The number of rotatable bonds is 5. The molecule has 6 atom stereocenters. The molecule has 6 rings (SSSR count). The molecule has 44 heavy (non-hydrogen) atoms. The van der Waals surface area contributed by atoms with Crippen LogP contribution in [0.1, 0.15) is 23.1 Å². The molecule has 4 aliphatic rings. The normalized spacial score (nSPS) is 31.1. The third kappa shape index (κ3) is 4.65. The number of phenols is 1. The largest absolute Gasteiger partial charge is 0.507 e. The van der Waals surface area contributed by atoms with Crippen molar-refractivity contribution in [2.24, 2.45) is 23.5 Å². The molecule has 11 heteroatoms. The maximum atomic E-state index is 14.0. The van der Waals surface area contributed by atoms with Crippen molar-refractivity contribution in [1.29, 1.82) is 0 Å². The van der Waals surface area contributed by atoms with Gasteiger partial charge in [0.05, 0.1) is 11.7 Å². The lowest BCUT2D eigenvalue weighted by atomic mass is 9.54. The van der Waals surface area contributed by atoms with Crippen LogP contribution in [0.4, 0.5) is 0 Å². The van der Waals surface area contributed by atoms with Gasteiger partial charge < -0.3 is 36.0 Å². The molecule has 2 saturated carbocycles. The standard InChI is InChI=1S/C33H40N4O7/c1-35(2)27-22-15-19-14-21-20(18-6-4-17(5-7-18)16-37-12-10-36(3)11-13-37)8-9-23(38)25(21)28(39)24(19)30(41)33(22,44)31(42)26(29(27)40)32(34)43/h4-9,19,22,26-27,29,38-40,44H,10-16H2,1-3H3,(H2,34,43)/t19-,22-,26?,27-,29?,33-/m0/s1. The fraction of sp³-hybridized carbons (Fsp3) is 0.485. The van der Waals surface area contributed by atoms with Crippen LogP contribution in [0.15, 0.2) is 42.0 Å². The number of ketones is 2. The number of aliphatic hydroxyl groups is 3. The molecule has 1 heterocycles. The summed E-state index contributed by atoms with van der Waals surface area (Å²) in [5, 5.41) is 45.3. The van der Waals surface area contributed by atoms with Gasteiger partial charge in [-0.05, 0) is 68.2 Å².